The smallest absolute Gasteiger partial charge is 0.234 e. The molecule has 0 bridgehead atoms. The molecule has 2 rings (SSSR count). The number of nitrogen functional groups attached to an aromatic ring is 1. The molecule has 2 aromatic rings. The van der Waals surface area contributed by atoms with Crippen LogP contribution in [0.25, 0.3) is 0 Å². The van der Waals surface area contributed by atoms with Crippen LogP contribution in [0.5, 0.6) is 0 Å². The standard InChI is InChI=1S/C16H17ClN2OS/c1-10-3-5-14(12(17)7-10)19-16(20)9-21-15-6-4-11(2)8-13(15)18/h3-8H,9,18H2,1-2H3,(H,19,20). The van der Waals surface area contributed by atoms with Crippen LogP contribution in [-0.4, -0.2) is 11.7 Å². The predicted molar refractivity (Wildman–Crippen MR) is 91.1 cm³/mol. The second-order valence-electron chi connectivity index (χ2n) is 4.86. The number of nitrogens with two attached hydrogens (primary N) is 1. The molecule has 0 aliphatic carbocycles. The summed E-state index contributed by atoms with van der Waals surface area (Å²) in [6.45, 7) is 3.93. The Morgan fingerprint density at radius 3 is 2.52 bits per heavy atom. The fourth-order valence-corrected chi connectivity index (χ4v) is 2.88. The van der Waals surface area contributed by atoms with Crippen molar-refractivity contribution in [3.63, 3.8) is 0 Å². The van der Waals surface area contributed by atoms with E-state index in [4.69, 9.17) is 17.3 Å². The summed E-state index contributed by atoms with van der Waals surface area (Å²) in [6, 6.07) is 11.3. The second-order valence-corrected chi connectivity index (χ2v) is 6.29. The summed E-state index contributed by atoms with van der Waals surface area (Å²) in [6.07, 6.45) is 0. The van der Waals surface area contributed by atoms with Crippen molar-refractivity contribution in [2.75, 3.05) is 16.8 Å². The summed E-state index contributed by atoms with van der Waals surface area (Å²) in [5, 5.41) is 3.35. The van der Waals surface area contributed by atoms with Crippen molar-refractivity contribution in [3.8, 4) is 0 Å². The Balaban J connectivity index is 1.96. The van der Waals surface area contributed by atoms with Crippen LogP contribution in [0.1, 0.15) is 11.1 Å². The number of aryl methyl sites for hydroxylation is 2. The van der Waals surface area contributed by atoms with Crippen molar-refractivity contribution in [2.45, 2.75) is 18.7 Å². The van der Waals surface area contributed by atoms with Crippen molar-refractivity contribution >= 4 is 40.6 Å². The molecule has 2 aromatic carbocycles. The number of carbonyl (C=O) groups excluding carboxylic acids is 1. The first-order chi connectivity index (χ1) is 9.95. The molecular formula is C16H17ClN2OS. The fraction of sp³-hybridized carbons (Fsp3) is 0.188. The van der Waals surface area contributed by atoms with Gasteiger partial charge in [-0.15, -0.1) is 11.8 Å². The van der Waals surface area contributed by atoms with Gasteiger partial charge in [0.1, 0.15) is 0 Å². The van der Waals surface area contributed by atoms with Gasteiger partial charge in [0.05, 0.1) is 16.5 Å². The molecule has 0 radical (unpaired) electrons. The van der Waals surface area contributed by atoms with Gasteiger partial charge in [-0.05, 0) is 49.2 Å². The summed E-state index contributed by atoms with van der Waals surface area (Å²) < 4.78 is 0. The molecule has 0 spiro atoms. The molecule has 0 saturated heterocycles. The van der Waals surface area contributed by atoms with Gasteiger partial charge in [-0.25, -0.2) is 0 Å². The lowest BCUT2D eigenvalue weighted by Crippen LogP contribution is -2.14. The van der Waals surface area contributed by atoms with E-state index in [1.54, 1.807) is 6.07 Å². The zero-order valence-corrected chi connectivity index (χ0v) is 13.5. The zero-order valence-electron chi connectivity index (χ0n) is 11.9. The molecular weight excluding hydrogens is 304 g/mol. The van der Waals surface area contributed by atoms with Crippen LogP contribution < -0.4 is 11.1 Å². The van der Waals surface area contributed by atoms with Crippen LogP contribution >= 0.6 is 23.4 Å². The van der Waals surface area contributed by atoms with Crippen molar-refractivity contribution in [1.82, 2.24) is 0 Å². The summed E-state index contributed by atoms with van der Waals surface area (Å²) in [4.78, 5) is 12.9. The van der Waals surface area contributed by atoms with Gasteiger partial charge in [0, 0.05) is 10.6 Å². The monoisotopic (exact) mass is 320 g/mol. The van der Waals surface area contributed by atoms with Crippen LogP contribution in [0.3, 0.4) is 0 Å². The maximum atomic E-state index is 12.0. The minimum Gasteiger partial charge on any atom is -0.398 e. The number of rotatable bonds is 4. The first-order valence-corrected chi connectivity index (χ1v) is 7.87. The van der Waals surface area contributed by atoms with E-state index in [0.717, 1.165) is 16.0 Å². The number of amides is 1. The number of halogens is 1. The lowest BCUT2D eigenvalue weighted by molar-refractivity contribution is -0.113. The van der Waals surface area contributed by atoms with Crippen molar-refractivity contribution in [1.29, 1.82) is 0 Å². The van der Waals surface area contributed by atoms with Crippen LogP contribution in [0.2, 0.25) is 5.02 Å². The van der Waals surface area contributed by atoms with Gasteiger partial charge >= 0.3 is 0 Å². The fourth-order valence-electron chi connectivity index (χ4n) is 1.85. The van der Waals surface area contributed by atoms with Gasteiger partial charge in [-0.2, -0.15) is 0 Å². The molecule has 21 heavy (non-hydrogen) atoms. The van der Waals surface area contributed by atoms with Crippen molar-refractivity contribution < 1.29 is 4.79 Å². The van der Waals surface area contributed by atoms with E-state index in [2.05, 4.69) is 5.32 Å². The number of thioether (sulfide) groups is 1. The number of anilines is 2. The minimum absolute atomic E-state index is 0.106. The van der Waals surface area contributed by atoms with Gasteiger partial charge in [-0.3, -0.25) is 4.79 Å². The molecule has 0 aliphatic rings. The molecule has 0 aliphatic heterocycles. The van der Waals surface area contributed by atoms with E-state index in [0.29, 0.717) is 16.4 Å². The highest BCUT2D eigenvalue weighted by atomic mass is 35.5. The Hall–Kier alpha value is -1.65. The van der Waals surface area contributed by atoms with Gasteiger partial charge in [-0.1, -0.05) is 23.7 Å². The van der Waals surface area contributed by atoms with E-state index >= 15 is 0 Å². The Labute approximate surface area is 133 Å². The number of hydrogen-bond donors (Lipinski definition) is 2. The average Bonchev–Trinajstić information content (AvgIpc) is 2.41. The van der Waals surface area contributed by atoms with Crippen molar-refractivity contribution in [2.24, 2.45) is 0 Å². The molecule has 0 heterocycles. The van der Waals surface area contributed by atoms with E-state index in [1.165, 1.54) is 11.8 Å². The quantitative estimate of drug-likeness (QED) is 0.653. The molecule has 0 atom stereocenters. The molecule has 0 unspecified atom stereocenters. The molecule has 3 N–H and O–H groups in total. The third-order valence-electron chi connectivity index (χ3n) is 2.92. The largest absolute Gasteiger partial charge is 0.398 e. The summed E-state index contributed by atoms with van der Waals surface area (Å²) in [5.74, 6) is 0.183. The Morgan fingerprint density at radius 2 is 1.86 bits per heavy atom. The van der Waals surface area contributed by atoms with Crippen LogP contribution in [0, 0.1) is 13.8 Å². The van der Waals surface area contributed by atoms with Crippen molar-refractivity contribution in [3.05, 3.63) is 52.5 Å². The highest BCUT2D eigenvalue weighted by molar-refractivity contribution is 8.00. The molecule has 3 nitrogen and oxygen atoms in total. The van der Waals surface area contributed by atoms with Gasteiger partial charge in [0.2, 0.25) is 5.91 Å². The highest BCUT2D eigenvalue weighted by Crippen LogP contribution is 2.27. The third-order valence-corrected chi connectivity index (χ3v) is 4.32. The first kappa shape index (κ1) is 15.7. The van der Waals surface area contributed by atoms with E-state index in [-0.39, 0.29) is 11.7 Å². The Morgan fingerprint density at radius 1 is 1.19 bits per heavy atom. The zero-order chi connectivity index (χ0) is 15.4. The Bertz CT molecular complexity index is 673. The molecule has 0 fully saturated rings. The highest BCUT2D eigenvalue weighted by Gasteiger charge is 2.08. The lowest BCUT2D eigenvalue weighted by atomic mass is 10.2. The first-order valence-electron chi connectivity index (χ1n) is 6.50. The minimum atomic E-state index is -0.106. The van der Waals surface area contributed by atoms with Gasteiger partial charge in [0.25, 0.3) is 0 Å². The summed E-state index contributed by atoms with van der Waals surface area (Å²) in [5.41, 5.74) is 9.41. The van der Waals surface area contributed by atoms with Crippen LogP contribution in [-0.2, 0) is 4.79 Å². The second kappa shape index (κ2) is 6.87. The number of benzene rings is 2. The molecule has 1 amide bonds. The molecule has 110 valence electrons. The molecule has 0 aromatic heterocycles. The maximum absolute atomic E-state index is 12.0. The third kappa shape index (κ3) is 4.41. The van der Waals surface area contributed by atoms with Gasteiger partial charge in [0.15, 0.2) is 0 Å². The molecule has 5 heteroatoms. The maximum Gasteiger partial charge on any atom is 0.234 e. The SMILES string of the molecule is Cc1ccc(SCC(=O)Nc2ccc(C)cc2Cl)c(N)c1. The van der Waals surface area contributed by atoms with Crippen LogP contribution in [0.4, 0.5) is 11.4 Å². The lowest BCUT2D eigenvalue weighted by Gasteiger charge is -2.09. The topological polar surface area (TPSA) is 55.1 Å². The molecule has 0 saturated carbocycles. The Kier molecular flexibility index (Phi) is 5.15. The summed E-state index contributed by atoms with van der Waals surface area (Å²) >= 11 is 7.50. The van der Waals surface area contributed by atoms with E-state index in [9.17, 15) is 4.79 Å². The normalized spacial score (nSPS) is 10.4. The van der Waals surface area contributed by atoms with Gasteiger partial charge < -0.3 is 11.1 Å². The average molecular weight is 321 g/mol. The predicted octanol–water partition coefficient (Wildman–Crippen LogP) is 4.27. The van der Waals surface area contributed by atoms with E-state index < -0.39 is 0 Å². The van der Waals surface area contributed by atoms with Crippen LogP contribution in [0.15, 0.2) is 41.3 Å². The summed E-state index contributed by atoms with van der Waals surface area (Å²) in [7, 11) is 0. The van der Waals surface area contributed by atoms with E-state index in [1.807, 2.05) is 44.2 Å². The number of nitrogens with one attached hydrogen (secondary N) is 1. The number of carbonyl (C=O) groups is 1. The number of hydrogen-bond acceptors (Lipinski definition) is 3.